The van der Waals surface area contributed by atoms with E-state index in [0.29, 0.717) is 0 Å². The highest BCUT2D eigenvalue weighted by Gasteiger charge is 2.12. The van der Waals surface area contributed by atoms with Gasteiger partial charge in [0.05, 0.1) is 12.8 Å². The molecular weight excluding hydrogens is 256 g/mol. The van der Waals surface area contributed by atoms with Gasteiger partial charge in [0.15, 0.2) is 0 Å². The minimum Gasteiger partial charge on any atom is -0.300 e. The van der Waals surface area contributed by atoms with Crippen LogP contribution in [0.1, 0.15) is 67.2 Å². The lowest BCUT2D eigenvalue weighted by Gasteiger charge is -2.03. The van der Waals surface area contributed by atoms with Gasteiger partial charge >= 0.3 is 0 Å². The predicted octanol–water partition coefficient (Wildman–Crippen LogP) is 3.16. The maximum absolute atomic E-state index is 11.0. The molecule has 0 fully saturated rings. The van der Waals surface area contributed by atoms with Crippen LogP contribution >= 0.6 is 0 Å². The lowest BCUT2D eigenvalue weighted by molar-refractivity contribution is -0.129. The first kappa shape index (κ1) is 21.0. The molecule has 0 aliphatic heterocycles. The number of hydrogen-bond donors (Lipinski definition) is 0. The largest absolute Gasteiger partial charge is 0.300 e. The summed E-state index contributed by atoms with van der Waals surface area (Å²) < 4.78 is 0. The standard InChI is InChI=1S/2C8H14O2/c2*1-4-6(2)8(10)5-7(3)9/h2*6H,4-5H2,1-3H3. The van der Waals surface area contributed by atoms with Crippen molar-refractivity contribution < 1.29 is 19.2 Å². The Kier molecular flexibility index (Phi) is 12.1. The number of ketones is 4. The van der Waals surface area contributed by atoms with E-state index < -0.39 is 0 Å². The SMILES string of the molecule is CCC(C)C(=O)CC(C)=O.CCC(C)C(=O)CC(C)=O. The van der Waals surface area contributed by atoms with E-state index in [0.717, 1.165) is 12.8 Å². The van der Waals surface area contributed by atoms with E-state index in [4.69, 9.17) is 0 Å². The first-order valence-electron chi connectivity index (χ1n) is 7.19. The summed E-state index contributed by atoms with van der Waals surface area (Å²) in [6, 6.07) is 0. The molecule has 0 radical (unpaired) electrons. The molecule has 0 aromatic heterocycles. The topological polar surface area (TPSA) is 68.3 Å². The quantitative estimate of drug-likeness (QED) is 0.642. The number of Topliss-reactive ketones (excluding diaryl/α,β-unsaturated/α-hetero) is 4. The molecule has 0 saturated heterocycles. The number of carbonyl (C=O) groups excluding carboxylic acids is 4. The molecule has 0 spiro atoms. The molecule has 0 aliphatic rings. The van der Waals surface area contributed by atoms with Gasteiger partial charge in [0.2, 0.25) is 0 Å². The minimum atomic E-state index is -0.0368. The predicted molar refractivity (Wildman–Crippen MR) is 79.5 cm³/mol. The summed E-state index contributed by atoms with van der Waals surface area (Å²) in [5.74, 6) is 0.147. The van der Waals surface area contributed by atoms with Crippen molar-refractivity contribution in [2.75, 3.05) is 0 Å². The smallest absolute Gasteiger partial charge is 0.143 e. The van der Waals surface area contributed by atoms with Crippen LogP contribution in [-0.4, -0.2) is 23.1 Å². The average Bonchev–Trinajstić information content (AvgIpc) is 2.35. The molecule has 0 heterocycles. The fraction of sp³-hybridized carbons (Fsp3) is 0.750. The maximum Gasteiger partial charge on any atom is 0.143 e. The van der Waals surface area contributed by atoms with Gasteiger partial charge < -0.3 is 0 Å². The Morgan fingerprint density at radius 1 is 0.700 bits per heavy atom. The number of hydrogen-bond acceptors (Lipinski definition) is 4. The molecule has 0 N–H and O–H groups in total. The van der Waals surface area contributed by atoms with Gasteiger partial charge in [-0.05, 0) is 26.7 Å². The third-order valence-corrected chi connectivity index (χ3v) is 3.17. The van der Waals surface area contributed by atoms with Crippen LogP contribution in [0.5, 0.6) is 0 Å². The first-order chi connectivity index (χ1) is 9.15. The molecule has 4 nitrogen and oxygen atoms in total. The monoisotopic (exact) mass is 284 g/mol. The molecule has 2 unspecified atom stereocenters. The summed E-state index contributed by atoms with van der Waals surface area (Å²) in [6.07, 6.45) is 1.86. The Balaban J connectivity index is 0. The van der Waals surface area contributed by atoms with Gasteiger partial charge in [-0.3, -0.25) is 19.2 Å². The van der Waals surface area contributed by atoms with E-state index in [-0.39, 0.29) is 47.8 Å². The van der Waals surface area contributed by atoms with Crippen LogP contribution in [0.2, 0.25) is 0 Å². The van der Waals surface area contributed by atoms with E-state index in [1.165, 1.54) is 13.8 Å². The van der Waals surface area contributed by atoms with Crippen molar-refractivity contribution in [2.45, 2.75) is 67.2 Å². The molecule has 4 heteroatoms. The van der Waals surface area contributed by atoms with Crippen LogP contribution in [0.15, 0.2) is 0 Å². The molecule has 0 aromatic carbocycles. The minimum absolute atomic E-state index is 0.0368. The molecule has 2 atom stereocenters. The zero-order valence-corrected chi connectivity index (χ0v) is 13.6. The van der Waals surface area contributed by atoms with Gasteiger partial charge in [0, 0.05) is 11.8 Å². The summed E-state index contributed by atoms with van der Waals surface area (Å²) >= 11 is 0. The van der Waals surface area contributed by atoms with E-state index in [1.54, 1.807) is 0 Å². The zero-order valence-electron chi connectivity index (χ0n) is 13.6. The van der Waals surface area contributed by atoms with Gasteiger partial charge in [0.1, 0.15) is 23.1 Å². The zero-order chi connectivity index (χ0) is 16.3. The molecular formula is C16H28O4. The highest BCUT2D eigenvalue weighted by Crippen LogP contribution is 2.05. The second kappa shape index (κ2) is 11.5. The van der Waals surface area contributed by atoms with Crippen molar-refractivity contribution in [1.29, 1.82) is 0 Å². The third-order valence-electron chi connectivity index (χ3n) is 3.17. The van der Waals surface area contributed by atoms with Gasteiger partial charge in [-0.1, -0.05) is 27.7 Å². The van der Waals surface area contributed by atoms with Crippen LogP contribution < -0.4 is 0 Å². The van der Waals surface area contributed by atoms with Crippen molar-refractivity contribution in [3.63, 3.8) is 0 Å². The summed E-state index contributed by atoms with van der Waals surface area (Å²) in [6.45, 7) is 10.5. The molecule has 116 valence electrons. The lowest BCUT2D eigenvalue weighted by atomic mass is 10.00. The Bertz CT molecular complexity index is 310. The van der Waals surface area contributed by atoms with Gasteiger partial charge in [-0.15, -0.1) is 0 Å². The second-order valence-electron chi connectivity index (χ2n) is 5.31. The third kappa shape index (κ3) is 11.8. The summed E-state index contributed by atoms with van der Waals surface area (Å²) in [5.41, 5.74) is 0. The van der Waals surface area contributed by atoms with Gasteiger partial charge in [-0.25, -0.2) is 0 Å². The Hall–Kier alpha value is -1.32. The first-order valence-corrected chi connectivity index (χ1v) is 7.19. The second-order valence-corrected chi connectivity index (χ2v) is 5.31. The van der Waals surface area contributed by atoms with Gasteiger partial charge in [-0.2, -0.15) is 0 Å². The summed E-state index contributed by atoms with van der Waals surface area (Å²) in [7, 11) is 0. The molecule has 0 aliphatic carbocycles. The van der Waals surface area contributed by atoms with Crippen molar-refractivity contribution in [3.05, 3.63) is 0 Å². The molecule has 0 bridgehead atoms. The molecule has 0 rings (SSSR count). The normalized spacial score (nSPS) is 12.7. The molecule has 0 aromatic rings. The fourth-order valence-corrected chi connectivity index (χ4v) is 1.29. The van der Waals surface area contributed by atoms with Crippen molar-refractivity contribution >= 4 is 23.1 Å². The van der Waals surface area contributed by atoms with Gasteiger partial charge in [0.25, 0.3) is 0 Å². The molecule has 0 amide bonds. The Morgan fingerprint density at radius 3 is 1.10 bits per heavy atom. The van der Waals surface area contributed by atoms with Crippen LogP contribution in [0.25, 0.3) is 0 Å². The fourth-order valence-electron chi connectivity index (χ4n) is 1.29. The highest BCUT2D eigenvalue weighted by molar-refractivity contribution is 5.99. The van der Waals surface area contributed by atoms with E-state index >= 15 is 0 Å². The van der Waals surface area contributed by atoms with Crippen molar-refractivity contribution in [1.82, 2.24) is 0 Å². The summed E-state index contributed by atoms with van der Waals surface area (Å²) in [5, 5.41) is 0. The maximum atomic E-state index is 11.0. The summed E-state index contributed by atoms with van der Waals surface area (Å²) in [4.78, 5) is 42.8. The van der Waals surface area contributed by atoms with E-state index in [1.807, 2.05) is 27.7 Å². The lowest BCUT2D eigenvalue weighted by Crippen LogP contribution is -2.12. The highest BCUT2D eigenvalue weighted by atomic mass is 16.2. The van der Waals surface area contributed by atoms with E-state index in [2.05, 4.69) is 0 Å². The van der Waals surface area contributed by atoms with Crippen molar-refractivity contribution in [3.8, 4) is 0 Å². The van der Waals surface area contributed by atoms with Crippen LogP contribution in [0.3, 0.4) is 0 Å². The van der Waals surface area contributed by atoms with Crippen LogP contribution in [-0.2, 0) is 19.2 Å². The molecule has 20 heavy (non-hydrogen) atoms. The number of rotatable bonds is 8. The Morgan fingerprint density at radius 2 is 0.950 bits per heavy atom. The Labute approximate surface area is 122 Å². The molecule has 0 saturated carbocycles. The van der Waals surface area contributed by atoms with E-state index in [9.17, 15) is 19.2 Å². The average molecular weight is 284 g/mol. The number of carbonyl (C=O) groups is 4. The van der Waals surface area contributed by atoms with Crippen LogP contribution in [0, 0.1) is 11.8 Å². The van der Waals surface area contributed by atoms with Crippen LogP contribution in [0.4, 0.5) is 0 Å². The van der Waals surface area contributed by atoms with Crippen molar-refractivity contribution in [2.24, 2.45) is 11.8 Å².